The fourth-order valence-corrected chi connectivity index (χ4v) is 1.20. The van der Waals surface area contributed by atoms with Crippen molar-refractivity contribution in [1.82, 2.24) is 9.97 Å². The molecule has 0 unspecified atom stereocenters. The zero-order valence-electron chi connectivity index (χ0n) is 13.4. The summed E-state index contributed by atoms with van der Waals surface area (Å²) in [5.41, 5.74) is 0.678. The van der Waals surface area contributed by atoms with E-state index in [4.69, 9.17) is 0 Å². The number of aromatic nitrogens is 2. The lowest BCUT2D eigenvalue weighted by Crippen LogP contribution is -2.09. The summed E-state index contributed by atoms with van der Waals surface area (Å²) in [6.07, 6.45) is 1.25. The largest absolute Gasteiger partial charge is 0.310 e. The van der Waals surface area contributed by atoms with E-state index >= 15 is 0 Å². The normalized spacial score (nSPS) is 8.16. The molecule has 0 saturated heterocycles. The van der Waals surface area contributed by atoms with E-state index in [9.17, 15) is 4.79 Å². The number of nitrogens with one attached hydrogen (secondary N) is 1. The summed E-state index contributed by atoms with van der Waals surface area (Å²) in [5, 5.41) is 0.642. The molecule has 0 aliphatic carbocycles. The summed E-state index contributed by atoms with van der Waals surface area (Å²) >= 11 is 0. The van der Waals surface area contributed by atoms with E-state index in [1.165, 1.54) is 6.42 Å². The Morgan fingerprint density at radius 1 is 1.05 bits per heavy atom. The lowest BCUT2D eigenvalue weighted by atomic mass is 10.2. The third-order valence-electron chi connectivity index (χ3n) is 1.73. The quantitative estimate of drug-likeness (QED) is 0.749. The van der Waals surface area contributed by atoms with Crippen LogP contribution in [0, 0.1) is 6.92 Å². The Bertz CT molecular complexity index is 489. The Morgan fingerprint density at radius 3 is 2.05 bits per heavy atom. The average molecular weight is 264 g/mol. The van der Waals surface area contributed by atoms with Gasteiger partial charge in [-0.15, -0.1) is 0 Å². The summed E-state index contributed by atoms with van der Waals surface area (Å²) in [4.78, 5) is 18.1. The molecular weight excluding hydrogens is 236 g/mol. The number of hydrogen-bond donors (Lipinski definition) is 1. The molecule has 0 bridgehead atoms. The molecule has 1 aromatic heterocycles. The first-order chi connectivity index (χ1) is 9.19. The van der Waals surface area contributed by atoms with Gasteiger partial charge in [0.2, 0.25) is 0 Å². The van der Waals surface area contributed by atoms with E-state index in [2.05, 4.69) is 23.8 Å². The topological polar surface area (TPSA) is 45.8 Å². The SMILES string of the molecule is CC.CC.CCC.Cc1nc2ccccc2c(=O)[nH]1. The first-order valence-corrected chi connectivity index (χ1v) is 7.14. The number of rotatable bonds is 0. The van der Waals surface area contributed by atoms with Crippen LogP contribution in [0.25, 0.3) is 10.9 Å². The highest BCUT2D eigenvalue weighted by molar-refractivity contribution is 5.76. The van der Waals surface area contributed by atoms with Crippen LogP contribution in [0.1, 0.15) is 53.8 Å². The molecule has 3 nitrogen and oxygen atoms in total. The second-order valence-electron chi connectivity index (χ2n) is 3.38. The van der Waals surface area contributed by atoms with Crippen molar-refractivity contribution in [3.8, 4) is 0 Å². The smallest absolute Gasteiger partial charge is 0.258 e. The Balaban J connectivity index is 0. The number of H-pyrrole nitrogens is 1. The van der Waals surface area contributed by atoms with Crippen LogP contribution in [-0.2, 0) is 0 Å². The van der Waals surface area contributed by atoms with Crippen LogP contribution >= 0.6 is 0 Å². The number of fused-ring (bicyclic) bond motifs is 1. The predicted molar refractivity (Wildman–Crippen MR) is 85.8 cm³/mol. The van der Waals surface area contributed by atoms with E-state index in [1.807, 2.05) is 45.9 Å². The molecular formula is C16H28N2O. The molecule has 19 heavy (non-hydrogen) atoms. The van der Waals surface area contributed by atoms with Gasteiger partial charge in [-0.25, -0.2) is 4.98 Å². The number of nitrogens with zero attached hydrogens (tertiary/aromatic N) is 1. The molecule has 0 amide bonds. The first-order valence-electron chi connectivity index (χ1n) is 7.14. The first kappa shape index (κ1) is 19.7. The van der Waals surface area contributed by atoms with E-state index in [1.54, 1.807) is 13.0 Å². The number of aromatic amines is 1. The standard InChI is InChI=1S/C9H8N2O.C3H8.2C2H6/c1-6-10-8-5-3-2-4-7(8)9(12)11-6;1-3-2;2*1-2/h2-5H,1H3,(H,10,11,12);3H2,1-2H3;2*1-2H3. The molecule has 1 aromatic carbocycles. The molecule has 108 valence electrons. The van der Waals surface area contributed by atoms with Gasteiger partial charge in [-0.3, -0.25) is 4.79 Å². The van der Waals surface area contributed by atoms with Crippen LogP contribution in [0.5, 0.6) is 0 Å². The van der Waals surface area contributed by atoms with Crippen molar-refractivity contribution in [3.63, 3.8) is 0 Å². The van der Waals surface area contributed by atoms with Gasteiger partial charge in [0, 0.05) is 0 Å². The van der Waals surface area contributed by atoms with Crippen LogP contribution < -0.4 is 5.56 Å². The van der Waals surface area contributed by atoms with Gasteiger partial charge in [0.05, 0.1) is 10.9 Å². The number of para-hydroxylation sites is 1. The van der Waals surface area contributed by atoms with Crippen molar-refractivity contribution >= 4 is 10.9 Å². The highest BCUT2D eigenvalue weighted by atomic mass is 16.1. The zero-order chi connectivity index (χ0) is 15.3. The van der Waals surface area contributed by atoms with Crippen molar-refractivity contribution in [3.05, 3.63) is 40.4 Å². The minimum Gasteiger partial charge on any atom is -0.310 e. The van der Waals surface area contributed by atoms with Crippen molar-refractivity contribution in [2.75, 3.05) is 0 Å². The molecule has 2 aromatic rings. The predicted octanol–water partition coefficient (Wildman–Crippen LogP) is 4.70. The molecule has 3 heteroatoms. The monoisotopic (exact) mass is 264 g/mol. The summed E-state index contributed by atoms with van der Waals surface area (Å²) in [6, 6.07) is 7.29. The highest BCUT2D eigenvalue weighted by Crippen LogP contribution is 2.04. The summed E-state index contributed by atoms with van der Waals surface area (Å²) in [6.45, 7) is 14.0. The van der Waals surface area contributed by atoms with Gasteiger partial charge in [0.1, 0.15) is 5.82 Å². The fourth-order valence-electron chi connectivity index (χ4n) is 1.20. The molecule has 1 heterocycles. The minimum absolute atomic E-state index is 0.0712. The fraction of sp³-hybridized carbons (Fsp3) is 0.500. The lowest BCUT2D eigenvalue weighted by Gasteiger charge is -1.95. The summed E-state index contributed by atoms with van der Waals surface area (Å²) in [7, 11) is 0. The molecule has 0 aliphatic rings. The maximum absolute atomic E-state index is 11.3. The van der Waals surface area contributed by atoms with Gasteiger partial charge < -0.3 is 4.98 Å². The third kappa shape index (κ3) is 7.39. The lowest BCUT2D eigenvalue weighted by molar-refractivity contribution is 1.06. The van der Waals surface area contributed by atoms with Gasteiger partial charge in [-0.2, -0.15) is 0 Å². The number of benzene rings is 1. The average Bonchev–Trinajstić information content (AvgIpc) is 2.44. The molecule has 0 fully saturated rings. The molecule has 0 radical (unpaired) electrons. The Morgan fingerprint density at radius 2 is 1.53 bits per heavy atom. The zero-order valence-corrected chi connectivity index (χ0v) is 13.4. The molecule has 0 saturated carbocycles. The number of hydrogen-bond acceptors (Lipinski definition) is 2. The van der Waals surface area contributed by atoms with E-state index < -0.39 is 0 Å². The van der Waals surface area contributed by atoms with Crippen LogP contribution in [0.3, 0.4) is 0 Å². The molecule has 0 aliphatic heterocycles. The van der Waals surface area contributed by atoms with E-state index in [0.717, 1.165) is 5.52 Å². The Labute approximate surface area is 117 Å². The number of aryl methyl sites for hydroxylation is 1. The molecule has 1 N–H and O–H groups in total. The van der Waals surface area contributed by atoms with E-state index in [0.29, 0.717) is 11.2 Å². The van der Waals surface area contributed by atoms with Crippen LogP contribution in [-0.4, -0.2) is 9.97 Å². The second kappa shape index (κ2) is 12.8. The van der Waals surface area contributed by atoms with Crippen LogP contribution in [0.15, 0.2) is 29.1 Å². The maximum atomic E-state index is 11.3. The Hall–Kier alpha value is -1.64. The van der Waals surface area contributed by atoms with Gasteiger partial charge in [-0.1, -0.05) is 60.1 Å². The van der Waals surface area contributed by atoms with Gasteiger partial charge in [0.15, 0.2) is 0 Å². The summed E-state index contributed by atoms with van der Waals surface area (Å²) < 4.78 is 0. The van der Waals surface area contributed by atoms with Crippen LogP contribution in [0.4, 0.5) is 0 Å². The third-order valence-corrected chi connectivity index (χ3v) is 1.73. The highest BCUT2D eigenvalue weighted by Gasteiger charge is 1.97. The second-order valence-corrected chi connectivity index (χ2v) is 3.38. The summed E-state index contributed by atoms with van der Waals surface area (Å²) in [5.74, 6) is 0.652. The van der Waals surface area contributed by atoms with Gasteiger partial charge in [0.25, 0.3) is 5.56 Å². The van der Waals surface area contributed by atoms with Crippen molar-refractivity contribution in [2.45, 2.75) is 54.9 Å². The van der Waals surface area contributed by atoms with Crippen LogP contribution in [0.2, 0.25) is 0 Å². The minimum atomic E-state index is -0.0712. The Kier molecular flexibility index (Phi) is 13.3. The van der Waals surface area contributed by atoms with Gasteiger partial charge in [-0.05, 0) is 19.1 Å². The maximum Gasteiger partial charge on any atom is 0.258 e. The van der Waals surface area contributed by atoms with E-state index in [-0.39, 0.29) is 5.56 Å². The van der Waals surface area contributed by atoms with Crippen molar-refractivity contribution in [1.29, 1.82) is 0 Å². The van der Waals surface area contributed by atoms with Crippen molar-refractivity contribution in [2.24, 2.45) is 0 Å². The molecule has 2 rings (SSSR count). The van der Waals surface area contributed by atoms with Crippen molar-refractivity contribution < 1.29 is 0 Å². The molecule has 0 spiro atoms. The molecule has 0 atom stereocenters. The van der Waals surface area contributed by atoms with Gasteiger partial charge >= 0.3 is 0 Å².